The number of nitrogens with zero attached hydrogens (tertiary/aromatic N) is 1. The van der Waals surface area contributed by atoms with Gasteiger partial charge in [-0.3, -0.25) is 9.10 Å². The van der Waals surface area contributed by atoms with Crippen molar-refractivity contribution in [1.82, 2.24) is 5.32 Å². The molecule has 8 heteroatoms. The van der Waals surface area contributed by atoms with Crippen LogP contribution in [-0.2, 0) is 10.0 Å². The summed E-state index contributed by atoms with van der Waals surface area (Å²) in [4.78, 5) is 14.0. The molecule has 0 heterocycles. The Labute approximate surface area is 200 Å². The first-order chi connectivity index (χ1) is 15.8. The molecule has 0 aromatic heterocycles. The molecule has 0 radical (unpaired) electrons. The Morgan fingerprint density at radius 1 is 1.00 bits per heavy atom. The minimum atomic E-state index is -3.70. The Balaban J connectivity index is 1.73. The van der Waals surface area contributed by atoms with Gasteiger partial charge in [-0.2, -0.15) is 0 Å². The maximum atomic E-state index is 13.0. The van der Waals surface area contributed by atoms with Crippen LogP contribution in [0.25, 0.3) is 0 Å². The van der Waals surface area contributed by atoms with E-state index in [9.17, 15) is 13.2 Å². The van der Waals surface area contributed by atoms with Gasteiger partial charge >= 0.3 is 0 Å². The summed E-state index contributed by atoms with van der Waals surface area (Å²) in [6.45, 7) is 2.00. The van der Waals surface area contributed by atoms with E-state index in [0.717, 1.165) is 22.6 Å². The first-order valence-electron chi connectivity index (χ1n) is 10.5. The van der Waals surface area contributed by atoms with E-state index < -0.39 is 10.0 Å². The third kappa shape index (κ3) is 5.69. The highest BCUT2D eigenvalue weighted by molar-refractivity contribution is 7.98. The number of sulfonamides is 1. The van der Waals surface area contributed by atoms with Gasteiger partial charge in [-0.1, -0.05) is 19.1 Å². The molecule has 3 aromatic carbocycles. The van der Waals surface area contributed by atoms with Gasteiger partial charge in [0.2, 0.25) is 0 Å². The fraction of sp³-hybridized carbons (Fsp3) is 0.240. The van der Waals surface area contributed by atoms with E-state index in [1.54, 1.807) is 67.4 Å². The van der Waals surface area contributed by atoms with Crippen molar-refractivity contribution < 1.29 is 17.9 Å². The van der Waals surface area contributed by atoms with Crippen molar-refractivity contribution in [3.05, 3.63) is 83.9 Å². The summed E-state index contributed by atoms with van der Waals surface area (Å²) in [5, 5.41) is 3.04. The third-order valence-corrected chi connectivity index (χ3v) is 7.99. The van der Waals surface area contributed by atoms with Crippen LogP contribution < -0.4 is 14.4 Å². The molecular formula is C25H28N2O4S2. The van der Waals surface area contributed by atoms with E-state index >= 15 is 0 Å². The molecular weight excluding hydrogens is 456 g/mol. The van der Waals surface area contributed by atoms with Crippen LogP contribution in [-0.4, -0.2) is 34.7 Å². The molecule has 0 aliphatic rings. The number of methoxy groups -OCH3 is 1. The lowest BCUT2D eigenvalue weighted by Gasteiger charge is -2.21. The fourth-order valence-corrected chi connectivity index (χ4v) is 4.97. The standard InChI is InChI=1S/C25H28N2O4S2/c1-5-24(18-8-12-21(31-3)13-9-18)26-25(28)19-6-10-20(11-7-19)27(2)33(29,30)23-16-14-22(32-4)15-17-23/h6-17,24H,5H2,1-4H3,(H,26,28)/t24-/m1/s1. The minimum Gasteiger partial charge on any atom is -0.497 e. The number of carbonyl (C=O) groups excluding carboxylic acids is 1. The lowest BCUT2D eigenvalue weighted by atomic mass is 10.0. The Bertz CT molecular complexity index is 1180. The topological polar surface area (TPSA) is 75.7 Å². The highest BCUT2D eigenvalue weighted by Crippen LogP contribution is 2.25. The normalized spacial score (nSPS) is 12.1. The smallest absolute Gasteiger partial charge is 0.264 e. The molecule has 3 aromatic rings. The molecule has 0 spiro atoms. The van der Waals surface area contributed by atoms with Crippen LogP contribution in [0, 0.1) is 0 Å². The van der Waals surface area contributed by atoms with E-state index in [4.69, 9.17) is 4.74 Å². The number of hydrogen-bond donors (Lipinski definition) is 1. The Kier molecular flexibility index (Phi) is 8.05. The van der Waals surface area contributed by atoms with Crippen LogP contribution in [0.3, 0.4) is 0 Å². The summed E-state index contributed by atoms with van der Waals surface area (Å²) in [7, 11) is -0.585. The highest BCUT2D eigenvalue weighted by Gasteiger charge is 2.22. The summed E-state index contributed by atoms with van der Waals surface area (Å²) < 4.78 is 32.3. The predicted octanol–water partition coefficient (Wildman–Crippen LogP) is 5.12. The van der Waals surface area contributed by atoms with Gasteiger partial charge in [0.25, 0.3) is 15.9 Å². The molecule has 3 rings (SSSR count). The molecule has 0 aliphatic carbocycles. The lowest BCUT2D eigenvalue weighted by molar-refractivity contribution is 0.0935. The van der Waals surface area contributed by atoms with Crippen molar-refractivity contribution >= 4 is 33.4 Å². The number of nitrogens with one attached hydrogen (secondary N) is 1. The number of rotatable bonds is 9. The van der Waals surface area contributed by atoms with E-state index in [2.05, 4.69) is 5.32 Å². The lowest BCUT2D eigenvalue weighted by Crippen LogP contribution is -2.28. The van der Waals surface area contributed by atoms with Crippen molar-refractivity contribution in [3.8, 4) is 5.75 Å². The average molecular weight is 485 g/mol. The first kappa shape index (κ1) is 24.7. The van der Waals surface area contributed by atoms with Crippen molar-refractivity contribution in [2.75, 3.05) is 24.7 Å². The monoisotopic (exact) mass is 484 g/mol. The zero-order chi connectivity index (χ0) is 24.0. The van der Waals surface area contributed by atoms with Crippen LogP contribution in [0.15, 0.2) is 82.6 Å². The predicted molar refractivity (Wildman–Crippen MR) is 134 cm³/mol. The molecule has 0 fully saturated rings. The van der Waals surface area contributed by atoms with Crippen LogP contribution in [0.1, 0.15) is 35.3 Å². The SMILES string of the molecule is CC[C@@H](NC(=O)c1ccc(N(C)S(=O)(=O)c2ccc(SC)cc2)cc1)c1ccc(OC)cc1. The Morgan fingerprint density at radius 3 is 2.12 bits per heavy atom. The number of ether oxygens (including phenoxy) is 1. The first-order valence-corrected chi connectivity index (χ1v) is 13.1. The largest absolute Gasteiger partial charge is 0.497 e. The molecule has 1 amide bonds. The van der Waals surface area contributed by atoms with Crippen molar-refractivity contribution in [1.29, 1.82) is 0 Å². The van der Waals surface area contributed by atoms with E-state index in [1.165, 1.54) is 11.4 Å². The van der Waals surface area contributed by atoms with Gasteiger partial charge in [-0.15, -0.1) is 11.8 Å². The van der Waals surface area contributed by atoms with Crippen LogP contribution in [0.5, 0.6) is 5.75 Å². The van der Waals surface area contributed by atoms with Crippen molar-refractivity contribution in [2.24, 2.45) is 0 Å². The summed E-state index contributed by atoms with van der Waals surface area (Å²) in [6, 6.07) is 20.8. The van der Waals surface area contributed by atoms with Gasteiger partial charge in [0.15, 0.2) is 0 Å². The minimum absolute atomic E-state index is 0.143. The number of anilines is 1. The molecule has 0 bridgehead atoms. The molecule has 1 N–H and O–H groups in total. The number of carbonyl (C=O) groups is 1. The number of hydrogen-bond acceptors (Lipinski definition) is 5. The maximum absolute atomic E-state index is 13.0. The zero-order valence-corrected chi connectivity index (χ0v) is 20.7. The van der Waals surface area contributed by atoms with Gasteiger partial charge in [-0.25, -0.2) is 8.42 Å². The second-order valence-electron chi connectivity index (χ2n) is 7.40. The second-order valence-corrected chi connectivity index (χ2v) is 10.3. The molecule has 0 saturated heterocycles. The summed E-state index contributed by atoms with van der Waals surface area (Å²) in [5.41, 5.74) is 1.92. The summed E-state index contributed by atoms with van der Waals surface area (Å²) >= 11 is 1.55. The van der Waals surface area contributed by atoms with Gasteiger partial charge in [-0.05, 0) is 78.9 Å². The van der Waals surface area contributed by atoms with Crippen LogP contribution in [0.2, 0.25) is 0 Å². The van der Waals surface area contributed by atoms with Gasteiger partial charge in [0.1, 0.15) is 5.75 Å². The Morgan fingerprint density at radius 2 is 1.61 bits per heavy atom. The van der Waals surface area contributed by atoms with Crippen LogP contribution in [0.4, 0.5) is 5.69 Å². The maximum Gasteiger partial charge on any atom is 0.264 e. The van der Waals surface area contributed by atoms with Gasteiger partial charge in [0, 0.05) is 17.5 Å². The molecule has 6 nitrogen and oxygen atoms in total. The quantitative estimate of drug-likeness (QED) is 0.427. The Hall–Kier alpha value is -2.97. The second kappa shape index (κ2) is 10.8. The van der Waals surface area contributed by atoms with Gasteiger partial charge in [0.05, 0.1) is 23.7 Å². The van der Waals surface area contributed by atoms with Crippen molar-refractivity contribution in [3.63, 3.8) is 0 Å². The van der Waals surface area contributed by atoms with E-state index in [1.807, 2.05) is 37.4 Å². The fourth-order valence-electron chi connectivity index (χ4n) is 3.37. The van der Waals surface area contributed by atoms with E-state index in [0.29, 0.717) is 11.3 Å². The number of benzene rings is 3. The molecule has 0 saturated carbocycles. The summed E-state index contributed by atoms with van der Waals surface area (Å²) in [5.74, 6) is 0.539. The molecule has 1 atom stereocenters. The number of amides is 1. The molecule has 0 unspecified atom stereocenters. The number of thioether (sulfide) groups is 1. The molecule has 0 aliphatic heterocycles. The molecule has 174 valence electrons. The van der Waals surface area contributed by atoms with Gasteiger partial charge < -0.3 is 10.1 Å². The van der Waals surface area contributed by atoms with Crippen LogP contribution >= 0.6 is 11.8 Å². The van der Waals surface area contributed by atoms with Crippen molar-refractivity contribution in [2.45, 2.75) is 29.2 Å². The third-order valence-electron chi connectivity index (χ3n) is 5.44. The summed E-state index contributed by atoms with van der Waals surface area (Å²) in [6.07, 6.45) is 2.67. The van der Waals surface area contributed by atoms with E-state index in [-0.39, 0.29) is 16.8 Å². The highest BCUT2D eigenvalue weighted by atomic mass is 32.2. The zero-order valence-electron chi connectivity index (χ0n) is 19.1. The molecule has 33 heavy (non-hydrogen) atoms. The average Bonchev–Trinajstić information content (AvgIpc) is 2.86.